The van der Waals surface area contributed by atoms with Crippen molar-refractivity contribution < 1.29 is 45.8 Å². The van der Waals surface area contributed by atoms with E-state index in [-0.39, 0.29) is 24.4 Å². The van der Waals surface area contributed by atoms with Crippen molar-refractivity contribution in [2.45, 2.75) is 63.1 Å². The number of benzene rings is 2. The smallest absolute Gasteiger partial charge is 0.389 e. The van der Waals surface area contributed by atoms with E-state index < -0.39 is 29.5 Å². The molecule has 2 heterocycles. The third-order valence-corrected chi connectivity index (χ3v) is 7.87. The highest BCUT2D eigenvalue weighted by Gasteiger charge is 2.54. The van der Waals surface area contributed by atoms with Crippen LogP contribution in [0.25, 0.3) is 0 Å². The molecular weight excluding hydrogens is 592 g/mol. The van der Waals surface area contributed by atoms with Gasteiger partial charge in [0.1, 0.15) is 0 Å². The average molecular weight is 630 g/mol. The van der Waals surface area contributed by atoms with Gasteiger partial charge in [-0.15, -0.1) is 0 Å². The van der Waals surface area contributed by atoms with Gasteiger partial charge in [-0.25, -0.2) is 0 Å². The van der Waals surface area contributed by atoms with Crippen LogP contribution in [0, 0.1) is 5.92 Å². The number of hydrogen-bond donors (Lipinski definition) is 2. The molecular formula is C31H37F6N3O4. The van der Waals surface area contributed by atoms with Crippen LogP contribution in [0.5, 0.6) is 0 Å². The molecule has 2 fully saturated rings. The van der Waals surface area contributed by atoms with Crippen LogP contribution in [-0.2, 0) is 14.4 Å². The van der Waals surface area contributed by atoms with E-state index in [2.05, 4.69) is 84.7 Å². The van der Waals surface area contributed by atoms with Crippen LogP contribution in [0.3, 0.4) is 0 Å². The third kappa shape index (κ3) is 9.35. The number of piperazine rings is 1. The lowest BCUT2D eigenvalue weighted by Gasteiger charge is -2.47. The Balaban J connectivity index is 0.000000375. The van der Waals surface area contributed by atoms with Crippen LogP contribution < -0.4 is 5.32 Å². The number of nitrogens with zero attached hydrogens (tertiary/aromatic N) is 2. The molecule has 2 aromatic carbocycles. The Kier molecular flexibility index (Phi) is 11.7. The maximum Gasteiger partial charge on any atom is 0.458 e. The normalized spacial score (nSPS) is 19.3. The number of carbonyl (C=O) groups is 3. The molecule has 4 rings (SSSR count). The van der Waals surface area contributed by atoms with Crippen LogP contribution in [0.2, 0.25) is 0 Å². The molecule has 0 aromatic heterocycles. The van der Waals surface area contributed by atoms with Gasteiger partial charge in [0.15, 0.2) is 0 Å². The van der Waals surface area contributed by atoms with Gasteiger partial charge in [-0.2, -0.15) is 26.3 Å². The summed E-state index contributed by atoms with van der Waals surface area (Å²) in [7, 11) is 0. The number of hydrogen-bond acceptors (Lipinski definition) is 6. The maximum absolute atomic E-state index is 13.3. The molecule has 7 nitrogen and oxygen atoms in total. The van der Waals surface area contributed by atoms with Gasteiger partial charge in [0.05, 0.1) is 18.1 Å². The number of alkyl halides is 6. The number of piperidine rings is 1. The highest BCUT2D eigenvalue weighted by atomic mass is 19.4. The molecule has 2 aliphatic heterocycles. The minimum Gasteiger partial charge on any atom is -0.389 e. The molecule has 2 saturated heterocycles. The Bertz CT molecular complexity index is 1190. The molecule has 2 aromatic rings. The average Bonchev–Trinajstić information content (AvgIpc) is 2.97. The van der Waals surface area contributed by atoms with Crippen LogP contribution in [-0.4, -0.2) is 89.1 Å². The number of amides is 1. The first-order valence-electron chi connectivity index (χ1n) is 14.3. The van der Waals surface area contributed by atoms with E-state index in [9.17, 15) is 45.8 Å². The van der Waals surface area contributed by atoms with E-state index in [1.165, 1.54) is 11.1 Å². The van der Waals surface area contributed by atoms with Crippen molar-refractivity contribution in [3.05, 3.63) is 71.8 Å². The number of rotatable bonds is 7. The summed E-state index contributed by atoms with van der Waals surface area (Å²) in [5.41, 5.74) is 1.70. The topological polar surface area (TPSA) is 89.9 Å². The fourth-order valence-corrected chi connectivity index (χ4v) is 5.54. The molecule has 44 heavy (non-hydrogen) atoms. The first-order chi connectivity index (χ1) is 20.5. The molecule has 1 amide bonds. The summed E-state index contributed by atoms with van der Waals surface area (Å²) >= 11 is 0. The second kappa shape index (κ2) is 14.7. The Morgan fingerprint density at radius 2 is 1.30 bits per heavy atom. The summed E-state index contributed by atoms with van der Waals surface area (Å²) in [5, 5.41) is 14.2. The summed E-state index contributed by atoms with van der Waals surface area (Å²) in [6.07, 6.45) is -10.0. The van der Waals surface area contributed by atoms with Crippen molar-refractivity contribution in [2.24, 2.45) is 5.92 Å². The molecule has 0 saturated carbocycles. The zero-order valence-electron chi connectivity index (χ0n) is 24.5. The fraction of sp³-hybridized carbons (Fsp3) is 0.516. The van der Waals surface area contributed by atoms with Crippen molar-refractivity contribution in [1.29, 1.82) is 0 Å². The van der Waals surface area contributed by atoms with Gasteiger partial charge in [-0.05, 0) is 43.0 Å². The predicted octanol–water partition coefficient (Wildman–Crippen LogP) is 4.70. The summed E-state index contributed by atoms with van der Waals surface area (Å²) in [5.74, 6) is -6.37. The lowest BCUT2D eigenvalue weighted by atomic mass is 9.87. The molecule has 0 aliphatic carbocycles. The first kappa shape index (κ1) is 35.2. The minimum atomic E-state index is -5.77. The van der Waals surface area contributed by atoms with Crippen molar-refractivity contribution in [3.8, 4) is 0 Å². The zero-order valence-corrected chi connectivity index (χ0v) is 24.5. The lowest BCUT2D eigenvalue weighted by Crippen LogP contribution is -2.59. The van der Waals surface area contributed by atoms with Crippen LogP contribution >= 0.6 is 0 Å². The number of nitrogens with one attached hydrogen (secondary N) is 1. The van der Waals surface area contributed by atoms with Gasteiger partial charge in [0.25, 0.3) is 0 Å². The summed E-state index contributed by atoms with van der Waals surface area (Å²) < 4.78 is 67.0. The number of halogens is 6. The fourth-order valence-electron chi connectivity index (χ4n) is 5.54. The Hall–Kier alpha value is -3.29. The Morgan fingerprint density at radius 3 is 1.70 bits per heavy atom. The van der Waals surface area contributed by atoms with Crippen molar-refractivity contribution in [2.75, 3.05) is 32.7 Å². The first-order valence-corrected chi connectivity index (χ1v) is 14.3. The molecule has 1 atom stereocenters. The van der Waals surface area contributed by atoms with Crippen LogP contribution in [0.1, 0.15) is 50.3 Å². The maximum atomic E-state index is 13.3. The summed E-state index contributed by atoms with van der Waals surface area (Å²) in [6.45, 7) is 8.32. The third-order valence-electron chi connectivity index (χ3n) is 7.87. The predicted molar refractivity (Wildman–Crippen MR) is 150 cm³/mol. The van der Waals surface area contributed by atoms with Crippen LogP contribution in [0.4, 0.5) is 26.3 Å². The lowest BCUT2D eigenvalue weighted by molar-refractivity contribution is -0.193. The summed E-state index contributed by atoms with van der Waals surface area (Å²) in [6, 6.07) is 21.6. The Morgan fingerprint density at radius 1 is 0.841 bits per heavy atom. The molecule has 0 unspecified atom stereocenters. The van der Waals surface area contributed by atoms with Gasteiger partial charge in [-0.1, -0.05) is 74.5 Å². The van der Waals surface area contributed by atoms with Crippen LogP contribution in [0.15, 0.2) is 60.7 Å². The molecule has 13 heteroatoms. The van der Waals surface area contributed by atoms with E-state index in [1.807, 2.05) is 4.90 Å². The molecule has 0 bridgehead atoms. The minimum absolute atomic E-state index is 0.101. The molecule has 0 spiro atoms. The highest BCUT2D eigenvalue weighted by molar-refractivity contribution is 6.41. The number of carbonyl (C=O) groups excluding carboxylic acids is 3. The summed E-state index contributed by atoms with van der Waals surface area (Å²) in [4.78, 5) is 37.1. The molecule has 0 radical (unpaired) electrons. The molecule has 2 N–H and O–H groups in total. The van der Waals surface area contributed by atoms with Gasteiger partial charge in [0.2, 0.25) is 5.91 Å². The number of ketones is 2. The monoisotopic (exact) mass is 629 g/mol. The second-order valence-corrected chi connectivity index (χ2v) is 11.4. The van der Waals surface area contributed by atoms with E-state index in [0.717, 1.165) is 26.2 Å². The zero-order chi connectivity index (χ0) is 32.7. The van der Waals surface area contributed by atoms with E-state index in [4.69, 9.17) is 0 Å². The van der Waals surface area contributed by atoms with Gasteiger partial charge in [-0.3, -0.25) is 19.3 Å². The van der Waals surface area contributed by atoms with Gasteiger partial charge >= 0.3 is 23.9 Å². The second-order valence-electron chi connectivity index (χ2n) is 11.4. The van der Waals surface area contributed by atoms with E-state index >= 15 is 0 Å². The number of Topliss-reactive ketones (excluding diaryl/α,β-unsaturated/α-hetero) is 2. The number of aliphatic hydroxyl groups is 1. The van der Waals surface area contributed by atoms with Crippen molar-refractivity contribution in [1.82, 2.24) is 15.1 Å². The van der Waals surface area contributed by atoms with Gasteiger partial charge < -0.3 is 15.3 Å². The van der Waals surface area contributed by atoms with Gasteiger partial charge in [0, 0.05) is 25.7 Å². The quantitative estimate of drug-likeness (QED) is 0.341. The van der Waals surface area contributed by atoms with Crippen molar-refractivity contribution >= 4 is 17.5 Å². The SMILES string of the molecule is CC(C)[C@H]1CN(C(c2ccccc2)c2ccccc2)CCN1C(=O)CC1(O)CCNCC1.O=C(C(=O)C(F)(F)F)C(F)(F)F. The Labute approximate surface area is 252 Å². The van der Waals surface area contributed by atoms with E-state index in [0.29, 0.717) is 25.3 Å². The molecule has 2 aliphatic rings. The highest BCUT2D eigenvalue weighted by Crippen LogP contribution is 2.33. The molecule has 242 valence electrons. The van der Waals surface area contributed by atoms with Crippen molar-refractivity contribution in [3.63, 3.8) is 0 Å². The standard InChI is InChI=1S/C27H37N3O2.C4F6O2/c1-21(2)24-20-29(17-18-30(24)25(31)19-27(32)13-15-28-16-14-27)26(22-9-5-3-6-10-22)23-11-7-4-8-12-23;5-3(6,7)1(11)2(12)4(8,9)10/h3-12,21,24,26,28,32H,13-20H2,1-2H3;/t24-;/m1./s1. The van der Waals surface area contributed by atoms with E-state index in [1.54, 1.807) is 0 Å². The largest absolute Gasteiger partial charge is 0.458 e.